The Morgan fingerprint density at radius 2 is 1.88 bits per heavy atom. The molecule has 0 saturated heterocycles. The third-order valence-corrected chi connectivity index (χ3v) is 4.40. The first-order valence-electron chi connectivity index (χ1n) is 8.06. The summed E-state index contributed by atoms with van der Waals surface area (Å²) >= 11 is 5.92. The lowest BCUT2D eigenvalue weighted by atomic mass is 10.1. The molecule has 1 heterocycles. The van der Waals surface area contributed by atoms with E-state index in [9.17, 15) is 9.59 Å². The van der Waals surface area contributed by atoms with Gasteiger partial charge in [0.2, 0.25) is 5.91 Å². The highest BCUT2D eigenvalue weighted by molar-refractivity contribution is 6.30. The summed E-state index contributed by atoms with van der Waals surface area (Å²) in [6, 6.07) is 7.36. The van der Waals surface area contributed by atoms with Crippen molar-refractivity contribution in [1.29, 1.82) is 0 Å². The van der Waals surface area contributed by atoms with Crippen molar-refractivity contribution in [2.24, 2.45) is 0 Å². The number of rotatable bonds is 7. The monoisotopic (exact) mass is 363 g/mol. The van der Waals surface area contributed by atoms with Crippen molar-refractivity contribution in [3.8, 4) is 5.69 Å². The molecule has 1 amide bonds. The Labute approximate surface area is 152 Å². The molecule has 0 spiro atoms. The van der Waals surface area contributed by atoms with Crippen molar-refractivity contribution >= 4 is 23.5 Å². The summed E-state index contributed by atoms with van der Waals surface area (Å²) in [5.41, 5.74) is 3.50. The number of benzene rings is 1. The second-order valence-corrected chi connectivity index (χ2v) is 6.46. The summed E-state index contributed by atoms with van der Waals surface area (Å²) in [5, 5.41) is 13.9. The SMILES string of the molecule is Cc1nn(-c2ccc(Cl)cc2)c(C)c1CC(=O)N(C)CCCC(=O)O. The lowest BCUT2D eigenvalue weighted by molar-refractivity contribution is -0.138. The Hall–Kier alpha value is -2.34. The number of carboxylic acids is 1. The molecule has 0 aliphatic rings. The van der Waals surface area contributed by atoms with E-state index in [-0.39, 0.29) is 18.7 Å². The Kier molecular flexibility index (Phi) is 6.20. The van der Waals surface area contributed by atoms with Crippen molar-refractivity contribution in [2.45, 2.75) is 33.1 Å². The van der Waals surface area contributed by atoms with Crippen molar-refractivity contribution in [2.75, 3.05) is 13.6 Å². The first-order chi connectivity index (χ1) is 11.8. The summed E-state index contributed by atoms with van der Waals surface area (Å²) in [6.07, 6.45) is 0.749. The van der Waals surface area contributed by atoms with Gasteiger partial charge in [0.25, 0.3) is 0 Å². The van der Waals surface area contributed by atoms with Crippen LogP contribution in [0.1, 0.15) is 29.8 Å². The van der Waals surface area contributed by atoms with E-state index in [1.54, 1.807) is 28.8 Å². The smallest absolute Gasteiger partial charge is 0.303 e. The minimum atomic E-state index is -0.850. The topological polar surface area (TPSA) is 75.4 Å². The van der Waals surface area contributed by atoms with Gasteiger partial charge in [0.05, 0.1) is 17.8 Å². The van der Waals surface area contributed by atoms with Gasteiger partial charge < -0.3 is 10.0 Å². The third-order valence-electron chi connectivity index (χ3n) is 4.15. The normalized spacial score (nSPS) is 10.7. The van der Waals surface area contributed by atoms with E-state index in [4.69, 9.17) is 16.7 Å². The highest BCUT2D eigenvalue weighted by atomic mass is 35.5. The number of halogens is 1. The van der Waals surface area contributed by atoms with Crippen LogP contribution < -0.4 is 0 Å². The van der Waals surface area contributed by atoms with Gasteiger partial charge in [-0.25, -0.2) is 4.68 Å². The zero-order valence-electron chi connectivity index (χ0n) is 14.6. The largest absolute Gasteiger partial charge is 0.481 e. The second-order valence-electron chi connectivity index (χ2n) is 6.03. The van der Waals surface area contributed by atoms with Crippen LogP contribution in [0.2, 0.25) is 5.02 Å². The number of amides is 1. The number of likely N-dealkylation sites (N-methyl/N-ethyl adjacent to an activating group) is 1. The van der Waals surface area contributed by atoms with Gasteiger partial charge in [-0.15, -0.1) is 0 Å². The lowest BCUT2D eigenvalue weighted by Crippen LogP contribution is -2.29. The van der Waals surface area contributed by atoms with E-state index in [1.807, 2.05) is 26.0 Å². The highest BCUT2D eigenvalue weighted by Crippen LogP contribution is 2.20. The van der Waals surface area contributed by atoms with Crippen molar-refractivity contribution in [3.63, 3.8) is 0 Å². The molecule has 0 radical (unpaired) electrons. The number of aliphatic carboxylic acids is 1. The van der Waals surface area contributed by atoms with Crippen LogP contribution in [-0.4, -0.2) is 45.3 Å². The number of hydrogen-bond acceptors (Lipinski definition) is 3. The quantitative estimate of drug-likeness (QED) is 0.820. The van der Waals surface area contributed by atoms with Gasteiger partial charge in [-0.2, -0.15) is 5.10 Å². The van der Waals surface area contributed by atoms with Crippen LogP contribution in [0.3, 0.4) is 0 Å². The molecule has 6 nitrogen and oxygen atoms in total. The lowest BCUT2D eigenvalue weighted by Gasteiger charge is -2.16. The van der Waals surface area contributed by atoms with Crippen LogP contribution in [0.5, 0.6) is 0 Å². The van der Waals surface area contributed by atoms with Gasteiger partial charge in [0.15, 0.2) is 0 Å². The molecule has 0 bridgehead atoms. The molecule has 1 aromatic heterocycles. The first kappa shape index (κ1) is 19.0. The molecule has 1 aromatic carbocycles. The summed E-state index contributed by atoms with van der Waals surface area (Å²) in [6.45, 7) is 4.24. The maximum Gasteiger partial charge on any atom is 0.303 e. The molecule has 0 aliphatic carbocycles. The van der Waals surface area contributed by atoms with Gasteiger partial charge in [-0.3, -0.25) is 9.59 Å². The van der Waals surface area contributed by atoms with E-state index < -0.39 is 5.97 Å². The Morgan fingerprint density at radius 1 is 1.24 bits per heavy atom. The van der Waals surface area contributed by atoms with E-state index in [1.165, 1.54) is 0 Å². The molecular formula is C18H22ClN3O3. The molecule has 2 rings (SSSR count). The zero-order chi connectivity index (χ0) is 18.6. The maximum absolute atomic E-state index is 12.4. The van der Waals surface area contributed by atoms with Gasteiger partial charge in [-0.05, 0) is 44.5 Å². The molecule has 2 aromatic rings. The average molecular weight is 364 g/mol. The number of aromatic nitrogens is 2. The zero-order valence-corrected chi connectivity index (χ0v) is 15.4. The fraction of sp³-hybridized carbons (Fsp3) is 0.389. The molecule has 0 saturated carbocycles. The molecule has 0 fully saturated rings. The van der Waals surface area contributed by atoms with Gasteiger partial charge >= 0.3 is 5.97 Å². The van der Waals surface area contributed by atoms with Crippen LogP contribution in [-0.2, 0) is 16.0 Å². The number of aryl methyl sites for hydroxylation is 1. The highest BCUT2D eigenvalue weighted by Gasteiger charge is 2.18. The second kappa shape index (κ2) is 8.16. The molecule has 134 valence electrons. The molecule has 25 heavy (non-hydrogen) atoms. The summed E-state index contributed by atoms with van der Waals surface area (Å²) in [7, 11) is 1.69. The standard InChI is InChI=1S/C18H22ClN3O3/c1-12-16(11-17(23)21(3)10-4-5-18(24)25)13(2)22(20-12)15-8-6-14(19)7-9-15/h6-9H,4-5,10-11H2,1-3H3,(H,24,25). The van der Waals surface area contributed by atoms with Crippen LogP contribution in [0.15, 0.2) is 24.3 Å². The van der Waals surface area contributed by atoms with Gasteiger partial charge in [0, 0.05) is 36.3 Å². The van der Waals surface area contributed by atoms with Gasteiger partial charge in [-0.1, -0.05) is 11.6 Å². The molecule has 1 N–H and O–H groups in total. The number of nitrogens with zero attached hydrogens (tertiary/aromatic N) is 3. The number of carbonyl (C=O) groups excluding carboxylic acids is 1. The van der Waals surface area contributed by atoms with Crippen LogP contribution in [0.25, 0.3) is 5.69 Å². The molecular weight excluding hydrogens is 342 g/mol. The third kappa shape index (κ3) is 4.82. The first-order valence-corrected chi connectivity index (χ1v) is 8.44. The van der Waals surface area contributed by atoms with E-state index in [2.05, 4.69) is 5.10 Å². The predicted molar refractivity (Wildman–Crippen MR) is 96.3 cm³/mol. The Balaban J connectivity index is 2.11. The summed E-state index contributed by atoms with van der Waals surface area (Å²) in [5.74, 6) is -0.899. The minimum Gasteiger partial charge on any atom is -0.481 e. The van der Waals surface area contributed by atoms with Crippen molar-refractivity contribution < 1.29 is 14.7 Å². The Bertz CT molecular complexity index is 769. The fourth-order valence-electron chi connectivity index (χ4n) is 2.64. The van der Waals surface area contributed by atoms with Crippen molar-refractivity contribution in [3.05, 3.63) is 46.2 Å². The number of carboxylic acid groups (broad SMARTS) is 1. The fourth-order valence-corrected chi connectivity index (χ4v) is 2.77. The summed E-state index contributed by atoms with van der Waals surface area (Å²) < 4.78 is 1.80. The summed E-state index contributed by atoms with van der Waals surface area (Å²) in [4.78, 5) is 24.5. The van der Waals surface area contributed by atoms with E-state index in [0.29, 0.717) is 18.0 Å². The van der Waals surface area contributed by atoms with E-state index >= 15 is 0 Å². The molecule has 0 unspecified atom stereocenters. The van der Waals surface area contributed by atoms with Gasteiger partial charge in [0.1, 0.15) is 0 Å². The average Bonchev–Trinajstić information content (AvgIpc) is 2.83. The predicted octanol–water partition coefficient (Wildman–Crippen LogP) is 3.01. The molecule has 7 heteroatoms. The Morgan fingerprint density at radius 3 is 2.48 bits per heavy atom. The molecule has 0 atom stereocenters. The minimum absolute atomic E-state index is 0.0488. The maximum atomic E-state index is 12.4. The molecule has 0 aliphatic heterocycles. The van der Waals surface area contributed by atoms with Crippen LogP contribution >= 0.6 is 11.6 Å². The number of hydrogen-bond donors (Lipinski definition) is 1. The van der Waals surface area contributed by atoms with Crippen LogP contribution in [0, 0.1) is 13.8 Å². The van der Waals surface area contributed by atoms with Crippen molar-refractivity contribution in [1.82, 2.24) is 14.7 Å². The van der Waals surface area contributed by atoms with Crippen LogP contribution in [0.4, 0.5) is 0 Å². The van der Waals surface area contributed by atoms with E-state index in [0.717, 1.165) is 22.6 Å². The number of carbonyl (C=O) groups is 2.